The highest BCUT2D eigenvalue weighted by molar-refractivity contribution is 6.42. The van der Waals surface area contributed by atoms with Crippen LogP contribution in [0.3, 0.4) is 0 Å². The number of carbonyl (C=O) groups is 1. The summed E-state index contributed by atoms with van der Waals surface area (Å²) in [5, 5.41) is 11.8. The monoisotopic (exact) mass is 589 g/mol. The van der Waals surface area contributed by atoms with Crippen molar-refractivity contribution < 1.29 is 27.1 Å². The number of halogens is 5. The first-order valence-electron chi connectivity index (χ1n) is 12.5. The summed E-state index contributed by atoms with van der Waals surface area (Å²) in [6, 6.07) is 13.6. The quantitative estimate of drug-likeness (QED) is 0.204. The van der Waals surface area contributed by atoms with Gasteiger partial charge in [-0.1, -0.05) is 29.3 Å². The normalized spacial score (nSPS) is 13.8. The number of hydrogen-bond donors (Lipinski definition) is 2. The Morgan fingerprint density at radius 2 is 1.90 bits per heavy atom. The highest BCUT2D eigenvalue weighted by Crippen LogP contribution is 2.43. The maximum Gasteiger partial charge on any atom is 0.387 e. The van der Waals surface area contributed by atoms with E-state index in [4.69, 9.17) is 33.0 Å². The fourth-order valence-electron chi connectivity index (χ4n) is 4.73. The summed E-state index contributed by atoms with van der Waals surface area (Å²) in [5.74, 6) is -1.04. The molecule has 1 amide bonds. The molecule has 0 saturated heterocycles. The van der Waals surface area contributed by atoms with Crippen molar-refractivity contribution in [2.45, 2.75) is 31.9 Å². The van der Waals surface area contributed by atoms with E-state index in [-0.39, 0.29) is 40.9 Å². The number of amides is 1. The number of nitrogens with zero attached hydrogens (tertiary/aromatic N) is 1. The molecule has 11 heteroatoms. The van der Waals surface area contributed by atoms with Crippen LogP contribution < -0.4 is 15.7 Å². The SMILES string of the molecule is N=c1occn1Cc1cc(C(=O)NC[C@H](c2ccc(Cl)c(Cl)c2)C2CC2)cc(-c2ccc(F)cc2OC(F)F)c1. The van der Waals surface area contributed by atoms with Crippen molar-refractivity contribution in [1.29, 1.82) is 5.41 Å². The molecule has 4 aromatic rings. The predicted octanol–water partition coefficient (Wildman–Crippen LogP) is 7.25. The second-order valence-corrected chi connectivity index (χ2v) is 10.4. The second kappa shape index (κ2) is 11.8. The van der Waals surface area contributed by atoms with Gasteiger partial charge < -0.3 is 14.5 Å². The van der Waals surface area contributed by atoms with Crippen LogP contribution in [0.2, 0.25) is 10.0 Å². The average molecular weight is 590 g/mol. The number of rotatable bonds is 10. The van der Waals surface area contributed by atoms with Crippen LogP contribution in [-0.2, 0) is 6.54 Å². The third kappa shape index (κ3) is 6.54. The molecule has 208 valence electrons. The first-order chi connectivity index (χ1) is 19.2. The van der Waals surface area contributed by atoms with Gasteiger partial charge in [0.05, 0.1) is 16.6 Å². The van der Waals surface area contributed by atoms with Gasteiger partial charge in [0.1, 0.15) is 17.8 Å². The maximum atomic E-state index is 13.9. The number of aromatic nitrogens is 1. The molecule has 6 nitrogen and oxygen atoms in total. The summed E-state index contributed by atoms with van der Waals surface area (Å²) in [4.78, 5) is 13.4. The fourth-order valence-corrected chi connectivity index (χ4v) is 5.03. The number of alkyl halides is 2. The molecule has 40 heavy (non-hydrogen) atoms. The molecule has 2 N–H and O–H groups in total. The highest BCUT2D eigenvalue weighted by Gasteiger charge is 2.33. The van der Waals surface area contributed by atoms with Crippen LogP contribution in [0.1, 0.15) is 40.2 Å². The van der Waals surface area contributed by atoms with E-state index in [1.165, 1.54) is 23.0 Å². The van der Waals surface area contributed by atoms with Gasteiger partial charge in [-0.3, -0.25) is 14.8 Å². The van der Waals surface area contributed by atoms with Crippen molar-refractivity contribution in [3.05, 3.63) is 105 Å². The molecule has 1 fully saturated rings. The Morgan fingerprint density at radius 3 is 2.58 bits per heavy atom. The van der Waals surface area contributed by atoms with E-state index >= 15 is 0 Å². The number of ether oxygens (including phenoxy) is 1. The van der Waals surface area contributed by atoms with Crippen molar-refractivity contribution in [2.24, 2.45) is 5.92 Å². The highest BCUT2D eigenvalue weighted by atomic mass is 35.5. The summed E-state index contributed by atoms with van der Waals surface area (Å²) in [7, 11) is 0. The third-order valence-corrected chi connectivity index (χ3v) is 7.54. The molecule has 1 aliphatic carbocycles. The summed E-state index contributed by atoms with van der Waals surface area (Å²) in [5.41, 5.74) is 2.29. The molecule has 1 heterocycles. The molecule has 0 bridgehead atoms. The zero-order chi connectivity index (χ0) is 28.4. The Kier molecular flexibility index (Phi) is 8.23. The van der Waals surface area contributed by atoms with Gasteiger partial charge in [-0.25, -0.2) is 4.39 Å². The summed E-state index contributed by atoms with van der Waals surface area (Å²) in [6.45, 7) is -2.64. The summed E-state index contributed by atoms with van der Waals surface area (Å²) < 4.78 is 51.2. The molecule has 1 atom stereocenters. The van der Waals surface area contributed by atoms with Gasteiger partial charge in [-0.05, 0) is 77.9 Å². The van der Waals surface area contributed by atoms with Crippen LogP contribution in [0, 0.1) is 17.1 Å². The molecule has 0 aliphatic heterocycles. The molecular formula is C29H24Cl2F3N3O3. The first kappa shape index (κ1) is 27.9. The number of oxazole rings is 1. The lowest BCUT2D eigenvalue weighted by Gasteiger charge is -2.19. The van der Waals surface area contributed by atoms with Gasteiger partial charge >= 0.3 is 6.61 Å². The lowest BCUT2D eigenvalue weighted by atomic mass is 9.93. The molecule has 1 saturated carbocycles. The molecule has 0 spiro atoms. The van der Waals surface area contributed by atoms with E-state index in [1.807, 2.05) is 12.1 Å². The third-order valence-electron chi connectivity index (χ3n) is 6.81. The lowest BCUT2D eigenvalue weighted by Crippen LogP contribution is -2.29. The van der Waals surface area contributed by atoms with Gasteiger partial charge in [-0.15, -0.1) is 0 Å². The van der Waals surface area contributed by atoms with Crippen molar-refractivity contribution in [3.63, 3.8) is 0 Å². The molecule has 3 aromatic carbocycles. The molecule has 1 aromatic heterocycles. The van der Waals surface area contributed by atoms with Crippen molar-refractivity contribution >= 4 is 29.1 Å². The Morgan fingerprint density at radius 1 is 1.10 bits per heavy atom. The number of hydrogen-bond acceptors (Lipinski definition) is 4. The Labute approximate surface area is 237 Å². The van der Waals surface area contributed by atoms with Crippen LogP contribution in [0.5, 0.6) is 5.75 Å². The van der Waals surface area contributed by atoms with E-state index in [9.17, 15) is 18.0 Å². The largest absolute Gasteiger partial charge is 0.434 e. The number of benzene rings is 3. The van der Waals surface area contributed by atoms with E-state index < -0.39 is 12.4 Å². The Hall–Kier alpha value is -3.69. The van der Waals surface area contributed by atoms with Crippen LogP contribution in [0.15, 0.2) is 71.5 Å². The van der Waals surface area contributed by atoms with E-state index in [2.05, 4.69) is 10.1 Å². The molecular weight excluding hydrogens is 566 g/mol. The number of nitrogens with one attached hydrogen (secondary N) is 2. The van der Waals surface area contributed by atoms with Gasteiger partial charge in [0.15, 0.2) is 0 Å². The van der Waals surface area contributed by atoms with Crippen LogP contribution in [0.4, 0.5) is 13.2 Å². The molecule has 1 aliphatic rings. The molecule has 0 unspecified atom stereocenters. The van der Waals surface area contributed by atoms with Gasteiger partial charge in [0.2, 0.25) is 0 Å². The second-order valence-electron chi connectivity index (χ2n) is 9.60. The Bertz CT molecular complexity index is 1600. The van der Waals surface area contributed by atoms with E-state index in [0.29, 0.717) is 33.6 Å². The van der Waals surface area contributed by atoms with E-state index in [0.717, 1.165) is 30.5 Å². The topological polar surface area (TPSA) is 80.2 Å². The standard InChI is InChI=1S/C29H24Cl2F3N3O3/c30-24-6-3-18(12-25(24)31)23(17-1-2-17)14-36-27(38)20-10-16(15-37-7-8-39-29(37)35)9-19(11-20)22-5-4-21(32)13-26(22)40-28(33)34/h3-13,17,23,28,35H,1-2,14-15H2,(H,36,38)/t23-/m0/s1. The van der Waals surface area contributed by atoms with Crippen LogP contribution >= 0.6 is 23.2 Å². The number of carbonyl (C=O) groups excluding carboxylic acids is 1. The van der Waals surface area contributed by atoms with Gasteiger partial charge in [0, 0.05) is 35.9 Å². The molecule has 5 rings (SSSR count). The van der Waals surface area contributed by atoms with Crippen molar-refractivity contribution in [1.82, 2.24) is 9.88 Å². The van der Waals surface area contributed by atoms with Crippen molar-refractivity contribution in [2.75, 3.05) is 6.54 Å². The van der Waals surface area contributed by atoms with Gasteiger partial charge in [-0.2, -0.15) is 8.78 Å². The predicted molar refractivity (Wildman–Crippen MR) is 144 cm³/mol. The van der Waals surface area contributed by atoms with E-state index in [1.54, 1.807) is 24.4 Å². The van der Waals surface area contributed by atoms with Crippen LogP contribution in [0.25, 0.3) is 11.1 Å². The zero-order valence-electron chi connectivity index (χ0n) is 21.0. The zero-order valence-corrected chi connectivity index (χ0v) is 22.5. The van der Waals surface area contributed by atoms with Gasteiger partial charge in [0.25, 0.3) is 11.6 Å². The first-order valence-corrected chi connectivity index (χ1v) is 13.2. The average Bonchev–Trinajstić information content (AvgIpc) is 3.67. The Balaban J connectivity index is 1.47. The fraction of sp³-hybridized carbons (Fsp3) is 0.241. The smallest absolute Gasteiger partial charge is 0.387 e. The lowest BCUT2D eigenvalue weighted by molar-refractivity contribution is -0.0496. The summed E-state index contributed by atoms with van der Waals surface area (Å²) in [6.07, 6.45) is 5.00. The molecule has 0 radical (unpaired) electrons. The van der Waals surface area contributed by atoms with Crippen molar-refractivity contribution in [3.8, 4) is 16.9 Å². The summed E-state index contributed by atoms with van der Waals surface area (Å²) >= 11 is 12.3. The minimum atomic E-state index is -3.17. The minimum absolute atomic E-state index is 0.0388. The van der Waals surface area contributed by atoms with Crippen LogP contribution in [-0.4, -0.2) is 23.6 Å². The maximum absolute atomic E-state index is 13.9. The minimum Gasteiger partial charge on any atom is -0.434 e.